The first-order valence-corrected chi connectivity index (χ1v) is 19.0. The summed E-state index contributed by atoms with van der Waals surface area (Å²) >= 11 is 0. The number of aliphatic imine (C=N–C) groups is 1. The fourth-order valence-electron chi connectivity index (χ4n) is 5.50. The SMILES string of the molecule is CCCCCCCCCOC(=O)CC/C=N\CCCCCCCC(=O)OC(CCCCCCCC)CCCCCCCC. The maximum Gasteiger partial charge on any atom is 0.306 e. The van der Waals surface area contributed by atoms with Crippen molar-refractivity contribution in [1.29, 1.82) is 0 Å². The summed E-state index contributed by atoms with van der Waals surface area (Å²) in [6, 6.07) is 0. The molecule has 43 heavy (non-hydrogen) atoms. The molecular weight excluding hydrogens is 534 g/mol. The molecule has 0 aromatic carbocycles. The van der Waals surface area contributed by atoms with Crippen molar-refractivity contribution >= 4 is 18.2 Å². The van der Waals surface area contributed by atoms with Crippen molar-refractivity contribution in [1.82, 2.24) is 0 Å². The van der Waals surface area contributed by atoms with Crippen LogP contribution in [-0.4, -0.2) is 37.4 Å². The number of ether oxygens (including phenoxy) is 2. The number of hydrogen-bond donors (Lipinski definition) is 0. The highest BCUT2D eigenvalue weighted by Gasteiger charge is 2.14. The molecule has 0 saturated heterocycles. The lowest BCUT2D eigenvalue weighted by Crippen LogP contribution is -2.18. The molecule has 0 aliphatic heterocycles. The molecular formula is C38H73NO4. The maximum absolute atomic E-state index is 12.5. The Labute approximate surface area is 268 Å². The zero-order valence-corrected chi connectivity index (χ0v) is 29.2. The molecule has 254 valence electrons. The standard InChI is InChI=1S/C38H73NO4/c1-4-7-10-13-16-22-27-35-42-37(40)32-28-34-39-33-26-21-17-20-25-31-38(41)43-36(29-23-18-14-11-8-5-2)30-24-19-15-12-9-6-3/h34,36H,4-33,35H2,1-3H3/b39-34-. The van der Waals surface area contributed by atoms with Gasteiger partial charge in [-0.25, -0.2) is 0 Å². The van der Waals surface area contributed by atoms with Gasteiger partial charge in [0.05, 0.1) is 13.0 Å². The van der Waals surface area contributed by atoms with Crippen LogP contribution in [-0.2, 0) is 19.1 Å². The fraction of sp³-hybridized carbons (Fsp3) is 0.921. The maximum atomic E-state index is 12.5. The average Bonchev–Trinajstić information content (AvgIpc) is 3.00. The Kier molecular flexibility index (Phi) is 34.0. The summed E-state index contributed by atoms with van der Waals surface area (Å²) in [6.07, 6.45) is 35.0. The van der Waals surface area contributed by atoms with Crippen molar-refractivity contribution in [3.8, 4) is 0 Å². The van der Waals surface area contributed by atoms with E-state index in [0.717, 1.165) is 64.3 Å². The minimum absolute atomic E-state index is 0.00695. The van der Waals surface area contributed by atoms with Crippen LogP contribution in [0, 0.1) is 0 Å². The average molecular weight is 608 g/mol. The molecule has 0 aromatic heterocycles. The Hall–Kier alpha value is -1.39. The van der Waals surface area contributed by atoms with Gasteiger partial charge in [-0.1, -0.05) is 143 Å². The Balaban J connectivity index is 3.81. The summed E-state index contributed by atoms with van der Waals surface area (Å²) < 4.78 is 11.3. The highest BCUT2D eigenvalue weighted by atomic mass is 16.5. The zero-order valence-electron chi connectivity index (χ0n) is 29.2. The van der Waals surface area contributed by atoms with Gasteiger partial charge in [-0.3, -0.25) is 14.6 Å². The summed E-state index contributed by atoms with van der Waals surface area (Å²) in [4.78, 5) is 28.8. The molecule has 0 rings (SSSR count). The van der Waals surface area contributed by atoms with Crippen molar-refractivity contribution in [2.75, 3.05) is 13.2 Å². The van der Waals surface area contributed by atoms with Crippen molar-refractivity contribution < 1.29 is 19.1 Å². The van der Waals surface area contributed by atoms with E-state index >= 15 is 0 Å². The lowest BCUT2D eigenvalue weighted by molar-refractivity contribution is -0.150. The van der Waals surface area contributed by atoms with Gasteiger partial charge in [0.1, 0.15) is 6.10 Å². The molecule has 0 heterocycles. The zero-order chi connectivity index (χ0) is 31.5. The molecule has 0 amide bonds. The lowest BCUT2D eigenvalue weighted by Gasteiger charge is -2.18. The Morgan fingerprint density at radius 3 is 1.56 bits per heavy atom. The molecule has 5 nitrogen and oxygen atoms in total. The molecule has 0 spiro atoms. The topological polar surface area (TPSA) is 65.0 Å². The number of hydrogen-bond acceptors (Lipinski definition) is 5. The third kappa shape index (κ3) is 33.3. The second-order valence-corrected chi connectivity index (χ2v) is 12.7. The van der Waals surface area contributed by atoms with E-state index in [1.54, 1.807) is 0 Å². The van der Waals surface area contributed by atoms with Gasteiger partial charge >= 0.3 is 11.9 Å². The first-order chi connectivity index (χ1) is 21.1. The predicted octanol–water partition coefficient (Wildman–Crippen LogP) is 11.9. The first kappa shape index (κ1) is 41.6. The van der Waals surface area contributed by atoms with Crippen LogP contribution in [0.4, 0.5) is 0 Å². The fourth-order valence-corrected chi connectivity index (χ4v) is 5.50. The van der Waals surface area contributed by atoms with E-state index in [-0.39, 0.29) is 18.0 Å². The Bertz CT molecular complexity index is 605. The van der Waals surface area contributed by atoms with Crippen LogP contribution < -0.4 is 0 Å². The smallest absolute Gasteiger partial charge is 0.306 e. The van der Waals surface area contributed by atoms with E-state index in [4.69, 9.17) is 9.47 Å². The molecule has 0 aliphatic carbocycles. The van der Waals surface area contributed by atoms with Crippen LogP contribution in [0.3, 0.4) is 0 Å². The van der Waals surface area contributed by atoms with Gasteiger partial charge in [0.15, 0.2) is 0 Å². The van der Waals surface area contributed by atoms with Gasteiger partial charge in [0.25, 0.3) is 0 Å². The third-order valence-electron chi connectivity index (χ3n) is 8.34. The molecule has 0 radical (unpaired) electrons. The minimum atomic E-state index is -0.105. The summed E-state index contributed by atoms with van der Waals surface area (Å²) in [6.45, 7) is 8.12. The lowest BCUT2D eigenvalue weighted by atomic mass is 10.0. The first-order valence-electron chi connectivity index (χ1n) is 19.0. The van der Waals surface area contributed by atoms with E-state index in [9.17, 15) is 9.59 Å². The van der Waals surface area contributed by atoms with Gasteiger partial charge in [0.2, 0.25) is 0 Å². The Morgan fingerprint density at radius 1 is 0.535 bits per heavy atom. The van der Waals surface area contributed by atoms with Crippen molar-refractivity contribution in [2.24, 2.45) is 4.99 Å². The van der Waals surface area contributed by atoms with Gasteiger partial charge in [-0.05, 0) is 57.6 Å². The number of esters is 2. The molecule has 0 fully saturated rings. The van der Waals surface area contributed by atoms with Crippen LogP contribution in [0.2, 0.25) is 0 Å². The number of unbranched alkanes of at least 4 members (excludes halogenated alkanes) is 20. The molecule has 0 unspecified atom stereocenters. The van der Waals surface area contributed by atoms with Crippen LogP contribution in [0.25, 0.3) is 0 Å². The molecule has 0 N–H and O–H groups in total. The van der Waals surface area contributed by atoms with Crippen LogP contribution in [0.15, 0.2) is 4.99 Å². The summed E-state index contributed by atoms with van der Waals surface area (Å²) in [5.74, 6) is -0.0976. The summed E-state index contributed by atoms with van der Waals surface area (Å²) in [5, 5.41) is 0. The van der Waals surface area contributed by atoms with Crippen molar-refractivity contribution in [3.05, 3.63) is 0 Å². The quantitative estimate of drug-likeness (QED) is 0.0414. The third-order valence-corrected chi connectivity index (χ3v) is 8.34. The summed E-state index contributed by atoms with van der Waals surface area (Å²) in [5.41, 5.74) is 0. The van der Waals surface area contributed by atoms with Crippen LogP contribution >= 0.6 is 0 Å². The van der Waals surface area contributed by atoms with Crippen LogP contribution in [0.5, 0.6) is 0 Å². The highest BCUT2D eigenvalue weighted by Crippen LogP contribution is 2.18. The Morgan fingerprint density at radius 2 is 1.00 bits per heavy atom. The number of carbonyl (C=O) groups is 2. The van der Waals surface area contributed by atoms with E-state index in [0.29, 0.717) is 25.9 Å². The minimum Gasteiger partial charge on any atom is -0.466 e. The molecule has 5 heteroatoms. The van der Waals surface area contributed by atoms with Gasteiger partial charge < -0.3 is 9.47 Å². The monoisotopic (exact) mass is 608 g/mol. The van der Waals surface area contributed by atoms with E-state index in [2.05, 4.69) is 25.8 Å². The van der Waals surface area contributed by atoms with E-state index in [1.807, 2.05) is 6.21 Å². The molecule has 0 saturated carbocycles. The largest absolute Gasteiger partial charge is 0.466 e. The summed E-state index contributed by atoms with van der Waals surface area (Å²) in [7, 11) is 0. The van der Waals surface area contributed by atoms with Crippen LogP contribution in [0.1, 0.15) is 207 Å². The number of carbonyl (C=O) groups excluding carboxylic acids is 2. The molecule has 0 aromatic rings. The molecule has 0 atom stereocenters. The number of nitrogens with zero attached hydrogens (tertiary/aromatic N) is 1. The normalized spacial score (nSPS) is 11.5. The molecule has 0 bridgehead atoms. The second-order valence-electron chi connectivity index (χ2n) is 12.7. The molecule has 0 aliphatic rings. The second kappa shape index (κ2) is 35.1. The van der Waals surface area contributed by atoms with Gasteiger partial charge in [0, 0.05) is 13.0 Å². The van der Waals surface area contributed by atoms with E-state index < -0.39 is 0 Å². The van der Waals surface area contributed by atoms with E-state index in [1.165, 1.54) is 109 Å². The predicted molar refractivity (Wildman–Crippen MR) is 185 cm³/mol. The van der Waals surface area contributed by atoms with Crippen molar-refractivity contribution in [2.45, 2.75) is 213 Å². The number of rotatable bonds is 34. The van der Waals surface area contributed by atoms with Crippen molar-refractivity contribution in [3.63, 3.8) is 0 Å². The van der Waals surface area contributed by atoms with Gasteiger partial charge in [-0.2, -0.15) is 0 Å². The van der Waals surface area contributed by atoms with Gasteiger partial charge in [-0.15, -0.1) is 0 Å². The highest BCUT2D eigenvalue weighted by molar-refractivity contribution is 5.73.